The molecular weight excluding hydrogens is 172 g/mol. The van der Waals surface area contributed by atoms with E-state index in [4.69, 9.17) is 0 Å². The predicted molar refractivity (Wildman–Crippen MR) is 48.5 cm³/mol. The Morgan fingerprint density at radius 2 is 2.08 bits per heavy atom. The van der Waals surface area contributed by atoms with Gasteiger partial charge in [0.1, 0.15) is 0 Å². The maximum atomic E-state index is 12.8. The summed E-state index contributed by atoms with van der Waals surface area (Å²) in [5.74, 6) is -2.83. The van der Waals surface area contributed by atoms with Crippen molar-refractivity contribution in [3.63, 3.8) is 0 Å². The molecule has 0 unspecified atom stereocenters. The molecule has 0 amide bonds. The summed E-state index contributed by atoms with van der Waals surface area (Å²) >= 11 is 0. The highest BCUT2D eigenvalue weighted by molar-refractivity contribution is 5.60. The number of alkyl halides is 2. The predicted octanol–water partition coefficient (Wildman–Crippen LogP) is 3.23. The van der Waals surface area contributed by atoms with Gasteiger partial charge in [0.15, 0.2) is 0 Å². The van der Waals surface area contributed by atoms with Gasteiger partial charge in [-0.25, -0.2) is 8.78 Å². The van der Waals surface area contributed by atoms with Crippen LogP contribution in [0.3, 0.4) is 0 Å². The van der Waals surface area contributed by atoms with E-state index in [0.717, 1.165) is 12.5 Å². The Morgan fingerprint density at radius 3 is 2.54 bits per heavy atom. The first kappa shape index (κ1) is 9.84. The normalized spacial score (nSPS) is 11.4. The van der Waals surface area contributed by atoms with Gasteiger partial charge in [0.25, 0.3) is 5.92 Å². The molecule has 0 aromatic carbocycles. The average molecular weight is 183 g/mol. The van der Waals surface area contributed by atoms with E-state index in [0.29, 0.717) is 5.56 Å². The smallest absolute Gasteiger partial charge is 0.264 e. The Bertz CT molecular complexity index is 326. The number of hydrogen-bond acceptors (Lipinski definition) is 1. The Labute approximate surface area is 76.1 Å². The molecule has 0 aliphatic heterocycles. The van der Waals surface area contributed by atoms with Crippen LogP contribution in [0.2, 0.25) is 0 Å². The minimum absolute atomic E-state index is 0.0759. The average Bonchev–Trinajstić information content (AvgIpc) is 2.03. The summed E-state index contributed by atoms with van der Waals surface area (Å²) in [7, 11) is 0. The van der Waals surface area contributed by atoms with Gasteiger partial charge in [0.2, 0.25) is 0 Å². The van der Waals surface area contributed by atoms with Crippen LogP contribution in [0.5, 0.6) is 0 Å². The molecular formula is C10H11F2N. The van der Waals surface area contributed by atoms with Crippen LogP contribution in [0.25, 0.3) is 5.57 Å². The maximum absolute atomic E-state index is 12.8. The molecule has 0 saturated heterocycles. The van der Waals surface area contributed by atoms with Crippen molar-refractivity contribution >= 4 is 5.57 Å². The Balaban J connectivity index is 3.13. The van der Waals surface area contributed by atoms with E-state index >= 15 is 0 Å². The molecule has 0 spiro atoms. The maximum Gasteiger partial charge on any atom is 0.272 e. The van der Waals surface area contributed by atoms with Gasteiger partial charge in [0, 0.05) is 24.9 Å². The van der Waals surface area contributed by atoms with Crippen molar-refractivity contribution in [2.45, 2.75) is 19.8 Å². The van der Waals surface area contributed by atoms with Crippen molar-refractivity contribution in [1.82, 2.24) is 4.98 Å². The van der Waals surface area contributed by atoms with Crippen LogP contribution >= 0.6 is 0 Å². The van der Waals surface area contributed by atoms with Gasteiger partial charge >= 0.3 is 0 Å². The van der Waals surface area contributed by atoms with Crippen molar-refractivity contribution in [3.8, 4) is 0 Å². The molecule has 0 fully saturated rings. The van der Waals surface area contributed by atoms with Gasteiger partial charge < -0.3 is 0 Å². The fourth-order valence-corrected chi connectivity index (χ4v) is 0.913. The molecule has 1 aromatic rings. The van der Waals surface area contributed by atoms with Crippen molar-refractivity contribution in [3.05, 3.63) is 36.2 Å². The first-order valence-electron chi connectivity index (χ1n) is 3.90. The lowest BCUT2D eigenvalue weighted by atomic mass is 10.1. The summed E-state index contributed by atoms with van der Waals surface area (Å²) in [5, 5.41) is 0. The fraction of sp³-hybridized carbons (Fsp3) is 0.300. The van der Waals surface area contributed by atoms with Crippen LogP contribution in [0.1, 0.15) is 25.0 Å². The molecule has 0 atom stereocenters. The first-order chi connectivity index (χ1) is 5.91. The third kappa shape index (κ3) is 2.34. The number of rotatable bonds is 2. The second-order valence-corrected chi connectivity index (χ2v) is 3.13. The summed E-state index contributed by atoms with van der Waals surface area (Å²) in [6, 6.07) is 1.41. The molecule has 1 rings (SSSR count). The first-order valence-corrected chi connectivity index (χ1v) is 3.90. The molecule has 0 radical (unpaired) electrons. The zero-order chi connectivity index (χ0) is 10.1. The summed E-state index contributed by atoms with van der Waals surface area (Å²) in [4.78, 5) is 3.73. The zero-order valence-electron chi connectivity index (χ0n) is 7.64. The van der Waals surface area contributed by atoms with E-state index in [-0.39, 0.29) is 5.56 Å². The topological polar surface area (TPSA) is 12.9 Å². The number of pyridine rings is 1. The number of aromatic nitrogens is 1. The molecule has 13 heavy (non-hydrogen) atoms. The van der Waals surface area contributed by atoms with Crippen molar-refractivity contribution in [1.29, 1.82) is 0 Å². The van der Waals surface area contributed by atoms with Crippen molar-refractivity contribution in [2.75, 3.05) is 0 Å². The minimum atomic E-state index is -2.83. The van der Waals surface area contributed by atoms with E-state index in [1.807, 2.05) is 0 Å². The molecule has 0 aliphatic carbocycles. The largest absolute Gasteiger partial charge is 0.272 e. The van der Waals surface area contributed by atoms with E-state index in [9.17, 15) is 8.78 Å². The number of nitrogens with zero attached hydrogens (tertiary/aromatic N) is 1. The Morgan fingerprint density at radius 1 is 1.46 bits per heavy atom. The van der Waals surface area contributed by atoms with E-state index in [1.54, 1.807) is 6.92 Å². The summed E-state index contributed by atoms with van der Waals surface area (Å²) in [6.45, 7) is 6.28. The van der Waals surface area contributed by atoms with Crippen LogP contribution in [0, 0.1) is 0 Å². The SMILES string of the molecule is C=C(C)c1cncc(C(C)(F)F)c1. The molecule has 1 aromatic heterocycles. The van der Waals surface area contributed by atoms with Gasteiger partial charge in [-0.05, 0) is 24.1 Å². The lowest BCUT2D eigenvalue weighted by molar-refractivity contribution is 0.0171. The zero-order valence-corrected chi connectivity index (χ0v) is 7.64. The van der Waals surface area contributed by atoms with Gasteiger partial charge in [-0.3, -0.25) is 4.98 Å². The molecule has 0 N–H and O–H groups in total. The lowest BCUT2D eigenvalue weighted by Gasteiger charge is -2.10. The Kier molecular flexibility index (Phi) is 2.45. The fourth-order valence-electron chi connectivity index (χ4n) is 0.913. The van der Waals surface area contributed by atoms with Crippen LogP contribution < -0.4 is 0 Å². The summed E-state index contributed by atoms with van der Waals surface area (Å²) < 4.78 is 25.7. The molecule has 0 aliphatic rings. The highest BCUT2D eigenvalue weighted by Gasteiger charge is 2.24. The number of halogens is 2. The second-order valence-electron chi connectivity index (χ2n) is 3.13. The van der Waals surface area contributed by atoms with E-state index in [2.05, 4.69) is 11.6 Å². The van der Waals surface area contributed by atoms with Gasteiger partial charge in [0.05, 0.1) is 0 Å². The van der Waals surface area contributed by atoms with Crippen LogP contribution in [-0.4, -0.2) is 4.98 Å². The minimum Gasteiger partial charge on any atom is -0.264 e. The number of allylic oxidation sites excluding steroid dienone is 1. The molecule has 70 valence electrons. The van der Waals surface area contributed by atoms with Crippen molar-refractivity contribution < 1.29 is 8.78 Å². The molecule has 0 bridgehead atoms. The Hall–Kier alpha value is -1.25. The third-order valence-corrected chi connectivity index (χ3v) is 1.74. The molecule has 1 nitrogen and oxygen atoms in total. The standard InChI is InChI=1S/C10H11F2N/c1-7(2)8-4-9(6-13-5-8)10(3,11)12/h4-6H,1H2,2-3H3. The van der Waals surface area contributed by atoms with Crippen LogP contribution in [0.4, 0.5) is 8.78 Å². The van der Waals surface area contributed by atoms with Crippen LogP contribution in [0.15, 0.2) is 25.0 Å². The quantitative estimate of drug-likeness (QED) is 0.686. The van der Waals surface area contributed by atoms with E-state index < -0.39 is 5.92 Å². The summed E-state index contributed by atoms with van der Waals surface area (Å²) in [6.07, 6.45) is 2.70. The lowest BCUT2D eigenvalue weighted by Crippen LogP contribution is -2.07. The third-order valence-electron chi connectivity index (χ3n) is 1.74. The molecule has 1 heterocycles. The molecule has 3 heteroatoms. The highest BCUT2D eigenvalue weighted by Crippen LogP contribution is 2.27. The van der Waals surface area contributed by atoms with Gasteiger partial charge in [-0.2, -0.15) is 0 Å². The van der Waals surface area contributed by atoms with Gasteiger partial charge in [-0.15, -0.1) is 0 Å². The summed E-state index contributed by atoms with van der Waals surface area (Å²) in [5.41, 5.74) is 1.31. The second kappa shape index (κ2) is 3.24. The monoisotopic (exact) mass is 183 g/mol. The van der Waals surface area contributed by atoms with Crippen molar-refractivity contribution in [2.24, 2.45) is 0 Å². The highest BCUT2D eigenvalue weighted by atomic mass is 19.3. The van der Waals surface area contributed by atoms with Gasteiger partial charge in [-0.1, -0.05) is 6.58 Å². The van der Waals surface area contributed by atoms with E-state index in [1.165, 1.54) is 18.5 Å². The van der Waals surface area contributed by atoms with Crippen LogP contribution in [-0.2, 0) is 5.92 Å². The number of hydrogen-bond donors (Lipinski definition) is 0. The molecule has 0 saturated carbocycles.